The van der Waals surface area contributed by atoms with Gasteiger partial charge in [-0.15, -0.1) is 0 Å². The first kappa shape index (κ1) is 51.4. The van der Waals surface area contributed by atoms with Gasteiger partial charge < -0.3 is 31.4 Å². The van der Waals surface area contributed by atoms with Crippen molar-refractivity contribution in [2.24, 2.45) is 22.6 Å². The first-order valence-corrected chi connectivity index (χ1v) is 20.2. The number of anilines is 1. The van der Waals surface area contributed by atoms with Crippen LogP contribution in [0.3, 0.4) is 0 Å². The van der Waals surface area contributed by atoms with Gasteiger partial charge in [0, 0.05) is 50.1 Å². The van der Waals surface area contributed by atoms with E-state index in [2.05, 4.69) is 70.4 Å². The van der Waals surface area contributed by atoms with Crippen molar-refractivity contribution in [1.29, 1.82) is 0 Å². The number of aliphatic imine (C=N–C) groups is 1. The molecule has 12 heteroatoms. The van der Waals surface area contributed by atoms with Gasteiger partial charge in [0.15, 0.2) is 0 Å². The van der Waals surface area contributed by atoms with Crippen molar-refractivity contribution in [3.8, 4) is 0 Å². The van der Waals surface area contributed by atoms with E-state index in [4.69, 9.17) is 5.73 Å². The molecule has 52 heavy (non-hydrogen) atoms. The molecule has 0 aliphatic heterocycles. The van der Waals surface area contributed by atoms with Crippen LogP contribution in [0, 0.1) is 11.8 Å². The fraction of sp³-hybridized carbons (Fsp3) is 0.800. The quantitative estimate of drug-likeness (QED) is 0.0358. The molecule has 0 amide bonds. The van der Waals surface area contributed by atoms with Gasteiger partial charge >= 0.3 is 6.18 Å². The number of alkyl halides is 3. The highest BCUT2D eigenvalue weighted by Gasteiger charge is 2.35. The second-order valence-corrected chi connectivity index (χ2v) is 13.4. The number of amidine groups is 1. The Kier molecular flexibility index (Phi) is 32.5. The number of halogens is 3. The summed E-state index contributed by atoms with van der Waals surface area (Å²) in [7, 11) is 3.86. The molecule has 1 heterocycles. The van der Waals surface area contributed by atoms with E-state index >= 15 is 0 Å². The Balaban J connectivity index is 0. The molecule has 1 aromatic heterocycles. The number of hydrogen-bond acceptors (Lipinski definition) is 8. The van der Waals surface area contributed by atoms with Crippen LogP contribution in [0.25, 0.3) is 0 Å². The normalized spacial score (nSPS) is 14.2. The average Bonchev–Trinajstić information content (AvgIpc) is 3.97. The van der Waals surface area contributed by atoms with Crippen molar-refractivity contribution in [3.05, 3.63) is 23.5 Å². The van der Waals surface area contributed by atoms with E-state index in [9.17, 15) is 18.0 Å². The largest absolute Gasteiger partial charge is 0.421 e. The van der Waals surface area contributed by atoms with Crippen LogP contribution in [-0.4, -0.2) is 73.3 Å². The summed E-state index contributed by atoms with van der Waals surface area (Å²) >= 11 is 0. The molecule has 2 rings (SSSR count). The maximum absolute atomic E-state index is 13.6. The monoisotopic (exact) mass is 743 g/mol. The third-order valence-corrected chi connectivity index (χ3v) is 8.38. The molecular weight excluding hydrogens is 665 g/mol. The van der Waals surface area contributed by atoms with Crippen molar-refractivity contribution < 1.29 is 18.0 Å². The summed E-state index contributed by atoms with van der Waals surface area (Å²) in [5.74, 6) is 1.16. The number of carbonyl (C=O) groups excluding carboxylic acids is 1. The molecule has 9 nitrogen and oxygen atoms in total. The first-order chi connectivity index (χ1) is 24.9. The lowest BCUT2D eigenvalue weighted by molar-refractivity contribution is -0.137. The smallest absolute Gasteiger partial charge is 0.388 e. The summed E-state index contributed by atoms with van der Waals surface area (Å²) in [5, 5.41) is 9.42. The van der Waals surface area contributed by atoms with Gasteiger partial charge in [-0.25, -0.2) is 4.98 Å². The predicted molar refractivity (Wildman–Crippen MR) is 216 cm³/mol. The molecule has 304 valence electrons. The number of likely N-dealkylation sites (N-methyl/N-ethyl adjacent to an activating group) is 2. The number of nitrogens with one attached hydrogen (secondary N) is 3. The summed E-state index contributed by atoms with van der Waals surface area (Å²) in [5.41, 5.74) is 6.29. The third kappa shape index (κ3) is 26.1. The molecule has 1 aliphatic carbocycles. The molecule has 1 fully saturated rings. The number of hydrogen-bond donors (Lipinski definition) is 4. The summed E-state index contributed by atoms with van der Waals surface area (Å²) in [6.45, 7) is 19.8. The number of nitrogens with zero attached hydrogens (tertiary/aromatic N) is 4. The minimum atomic E-state index is -4.57. The molecule has 0 spiro atoms. The zero-order valence-electron chi connectivity index (χ0n) is 34.6. The highest BCUT2D eigenvalue weighted by molar-refractivity contribution is 5.99. The zero-order chi connectivity index (χ0) is 39.8. The SMILES string of the molecule is CC.CCC=O.CCCCC(C)CCC.CCCCC(CCC)N/C=C(\C(N)=N\c1ncc(C(F)(F)F)c(NCCCN(C)CCNC)n1)C1CC1. The maximum atomic E-state index is 13.6. The van der Waals surface area contributed by atoms with Crippen LogP contribution < -0.4 is 21.7 Å². The Morgan fingerprint density at radius 3 is 2.12 bits per heavy atom. The van der Waals surface area contributed by atoms with Gasteiger partial charge in [0.05, 0.1) is 0 Å². The van der Waals surface area contributed by atoms with E-state index in [1.54, 1.807) is 0 Å². The predicted octanol–water partition coefficient (Wildman–Crippen LogP) is 9.91. The van der Waals surface area contributed by atoms with E-state index in [-0.39, 0.29) is 17.6 Å². The summed E-state index contributed by atoms with van der Waals surface area (Å²) in [6.07, 6.45) is 14.8. The van der Waals surface area contributed by atoms with Crippen LogP contribution in [0.5, 0.6) is 0 Å². The minimum absolute atomic E-state index is 0.0817. The highest BCUT2D eigenvalue weighted by Crippen LogP contribution is 2.37. The van der Waals surface area contributed by atoms with Gasteiger partial charge in [-0.3, -0.25) is 0 Å². The van der Waals surface area contributed by atoms with Crippen molar-refractivity contribution >= 4 is 23.9 Å². The topological polar surface area (TPSA) is 121 Å². The van der Waals surface area contributed by atoms with Gasteiger partial charge in [0.1, 0.15) is 23.5 Å². The minimum Gasteiger partial charge on any atom is -0.388 e. The van der Waals surface area contributed by atoms with Crippen LogP contribution in [0.1, 0.15) is 151 Å². The van der Waals surface area contributed by atoms with Crippen LogP contribution in [0.15, 0.2) is 23.0 Å². The summed E-state index contributed by atoms with van der Waals surface area (Å²) in [4.78, 5) is 23.6. The highest BCUT2D eigenvalue weighted by atomic mass is 19.4. The Bertz CT molecular complexity index is 1060. The van der Waals surface area contributed by atoms with E-state index in [1.807, 2.05) is 41.1 Å². The molecule has 2 atom stereocenters. The van der Waals surface area contributed by atoms with Gasteiger partial charge in [-0.05, 0) is 64.6 Å². The van der Waals surface area contributed by atoms with E-state index in [1.165, 1.54) is 32.1 Å². The molecule has 1 saturated carbocycles. The number of nitrogens with two attached hydrogens (primary N) is 1. The summed E-state index contributed by atoms with van der Waals surface area (Å²) in [6, 6.07) is 0.363. The lowest BCUT2D eigenvalue weighted by Crippen LogP contribution is -2.29. The second kappa shape index (κ2) is 32.9. The molecular formula is C40H77F3N8O. The Hall–Kier alpha value is -2.73. The van der Waals surface area contributed by atoms with Gasteiger partial charge in [0.2, 0.25) is 0 Å². The lowest BCUT2D eigenvalue weighted by atomic mass is 10.00. The molecule has 0 radical (unpaired) electrons. The molecule has 0 saturated heterocycles. The fourth-order valence-electron chi connectivity index (χ4n) is 5.21. The van der Waals surface area contributed by atoms with Crippen LogP contribution in [-0.2, 0) is 11.0 Å². The average molecular weight is 743 g/mol. The van der Waals surface area contributed by atoms with Gasteiger partial charge in [-0.1, -0.05) is 107 Å². The maximum Gasteiger partial charge on any atom is 0.421 e. The standard InChI is InChI=1S/C26H45F3N8.C9H20.C3H6O.C2H6/c1-5-7-10-20(9-6-2)33-17-21(19-11-12-19)23(30)35-25-34-18-22(26(27,28)29)24(36-25)32-13-8-15-37(4)16-14-31-3;1-4-6-8-9(3)7-5-2;1-2-3-4;1-2/h17-20,31,33H,5-16H2,1-4H3,(H3,30,32,34,35,36);9H,4-8H2,1-3H3;3H,2H2,1H3;1-2H3/b21-17-;;;. The van der Waals surface area contributed by atoms with Gasteiger partial charge in [0.25, 0.3) is 5.95 Å². The molecule has 2 unspecified atom stereocenters. The summed E-state index contributed by atoms with van der Waals surface area (Å²) < 4.78 is 40.7. The Morgan fingerprint density at radius 2 is 1.60 bits per heavy atom. The number of rotatable bonds is 24. The van der Waals surface area contributed by atoms with Crippen LogP contribution >= 0.6 is 0 Å². The van der Waals surface area contributed by atoms with E-state index in [0.717, 1.165) is 88.6 Å². The molecule has 1 aromatic rings. The Morgan fingerprint density at radius 1 is 0.981 bits per heavy atom. The molecule has 0 aromatic carbocycles. The van der Waals surface area contributed by atoms with E-state index < -0.39 is 11.7 Å². The lowest BCUT2D eigenvalue weighted by Gasteiger charge is -2.18. The fourth-order valence-corrected chi connectivity index (χ4v) is 5.21. The van der Waals surface area contributed by atoms with Crippen molar-refractivity contribution in [3.63, 3.8) is 0 Å². The number of unbranched alkanes of at least 4 members (excludes halogenated alkanes) is 2. The van der Waals surface area contributed by atoms with Crippen molar-refractivity contribution in [2.75, 3.05) is 45.6 Å². The molecule has 5 N–H and O–H groups in total. The van der Waals surface area contributed by atoms with Crippen LogP contribution in [0.4, 0.5) is 24.9 Å². The van der Waals surface area contributed by atoms with Crippen LogP contribution in [0.2, 0.25) is 0 Å². The second-order valence-electron chi connectivity index (χ2n) is 13.4. The first-order valence-electron chi connectivity index (χ1n) is 20.2. The van der Waals surface area contributed by atoms with Gasteiger partial charge in [-0.2, -0.15) is 23.1 Å². The van der Waals surface area contributed by atoms with Crippen molar-refractivity contribution in [2.45, 2.75) is 157 Å². The Labute approximate surface area is 316 Å². The number of carbonyl (C=O) groups is 1. The number of aromatic nitrogens is 2. The zero-order valence-corrected chi connectivity index (χ0v) is 34.6. The van der Waals surface area contributed by atoms with E-state index in [0.29, 0.717) is 31.3 Å². The van der Waals surface area contributed by atoms with Crippen molar-refractivity contribution in [1.82, 2.24) is 25.5 Å². The molecule has 0 bridgehead atoms. The molecule has 1 aliphatic rings. The third-order valence-electron chi connectivity index (χ3n) is 8.38. The number of aldehydes is 1.